The second-order valence-corrected chi connectivity index (χ2v) is 10.3. The molecule has 204 valence electrons. The molecule has 1 aromatic carbocycles. The minimum Gasteiger partial charge on any atom is -0.444 e. The summed E-state index contributed by atoms with van der Waals surface area (Å²) >= 11 is 0. The molecule has 0 aliphatic carbocycles. The van der Waals surface area contributed by atoms with Crippen LogP contribution in [0, 0.1) is 12.7 Å². The summed E-state index contributed by atoms with van der Waals surface area (Å²) in [5.41, 5.74) is -0.818. The largest absolute Gasteiger partial charge is 0.444 e. The average Bonchev–Trinajstić information content (AvgIpc) is 3.17. The Morgan fingerprint density at radius 2 is 1.89 bits per heavy atom. The van der Waals surface area contributed by atoms with Gasteiger partial charge in [-0.1, -0.05) is 18.2 Å². The van der Waals surface area contributed by atoms with Crippen molar-refractivity contribution >= 4 is 28.6 Å². The number of benzene rings is 1. The van der Waals surface area contributed by atoms with E-state index in [1.807, 2.05) is 0 Å². The molecule has 1 saturated heterocycles. The number of fused-ring (bicyclic) bond motifs is 1. The Labute approximate surface area is 217 Å². The summed E-state index contributed by atoms with van der Waals surface area (Å²) < 4.78 is 61.2. The van der Waals surface area contributed by atoms with Crippen LogP contribution >= 0.6 is 0 Å². The summed E-state index contributed by atoms with van der Waals surface area (Å²) in [4.78, 5) is 27.1. The van der Waals surface area contributed by atoms with E-state index in [-0.39, 0.29) is 18.7 Å². The molecule has 2 N–H and O–H groups in total. The molecule has 0 bridgehead atoms. The Bertz CT molecular complexity index is 1330. The maximum Gasteiger partial charge on any atom is 0.408 e. The molecule has 38 heavy (non-hydrogen) atoms. The van der Waals surface area contributed by atoms with E-state index in [0.717, 1.165) is 6.07 Å². The fourth-order valence-electron chi connectivity index (χ4n) is 4.32. The van der Waals surface area contributed by atoms with Gasteiger partial charge >= 0.3 is 6.09 Å². The highest BCUT2D eigenvalue weighted by molar-refractivity contribution is 5.90. The Kier molecular flexibility index (Phi) is 7.61. The topological polar surface area (TPSA) is 92.3 Å². The number of nitrogens with zero attached hydrogens (tertiary/aromatic N) is 4. The first-order chi connectivity index (χ1) is 17.8. The minimum absolute atomic E-state index is 0.00349. The van der Waals surface area contributed by atoms with E-state index >= 15 is 0 Å². The Morgan fingerprint density at radius 3 is 2.58 bits per heavy atom. The molecule has 1 amide bonds. The predicted octanol–water partition coefficient (Wildman–Crippen LogP) is 5.63. The third kappa shape index (κ3) is 6.05. The number of aromatic nitrogens is 3. The maximum atomic E-state index is 14.8. The lowest BCUT2D eigenvalue weighted by molar-refractivity contribution is 0.0490. The van der Waals surface area contributed by atoms with Crippen LogP contribution in [0.15, 0.2) is 30.5 Å². The molecule has 8 nitrogen and oxygen atoms in total. The first kappa shape index (κ1) is 27.3. The van der Waals surface area contributed by atoms with Gasteiger partial charge in [-0.15, -0.1) is 0 Å². The number of hydrogen-bond donors (Lipinski definition) is 2. The van der Waals surface area contributed by atoms with Gasteiger partial charge in [0.1, 0.15) is 35.1 Å². The Hall–Kier alpha value is -3.70. The van der Waals surface area contributed by atoms with E-state index in [1.54, 1.807) is 45.6 Å². The van der Waals surface area contributed by atoms with Crippen LogP contribution in [0.2, 0.25) is 0 Å². The van der Waals surface area contributed by atoms with Crippen LogP contribution in [-0.2, 0) is 4.74 Å². The molecule has 1 aliphatic heterocycles. The van der Waals surface area contributed by atoms with Crippen molar-refractivity contribution in [3.05, 3.63) is 53.2 Å². The van der Waals surface area contributed by atoms with Gasteiger partial charge < -0.3 is 20.3 Å². The summed E-state index contributed by atoms with van der Waals surface area (Å²) in [6, 6.07) is 4.05. The van der Waals surface area contributed by atoms with Crippen LogP contribution < -0.4 is 15.5 Å². The molecule has 0 unspecified atom stereocenters. The van der Waals surface area contributed by atoms with E-state index in [1.165, 1.54) is 18.3 Å². The molecule has 0 radical (unpaired) electrons. The number of carbonyl (C=O) groups excluding carboxylic acids is 1. The second kappa shape index (κ2) is 10.6. The van der Waals surface area contributed by atoms with E-state index in [0.29, 0.717) is 28.4 Å². The number of alkyl halides is 3. The van der Waals surface area contributed by atoms with Gasteiger partial charge in [0, 0.05) is 17.5 Å². The van der Waals surface area contributed by atoms with E-state index < -0.39 is 47.8 Å². The van der Waals surface area contributed by atoms with Crippen LogP contribution in [0.3, 0.4) is 0 Å². The highest BCUT2D eigenvalue weighted by Gasteiger charge is 2.36. The number of pyridine rings is 1. The summed E-state index contributed by atoms with van der Waals surface area (Å²) in [5, 5.41) is 6.21. The van der Waals surface area contributed by atoms with Gasteiger partial charge in [0.05, 0.1) is 35.9 Å². The van der Waals surface area contributed by atoms with Crippen molar-refractivity contribution in [1.82, 2.24) is 20.3 Å². The number of ether oxygens (including phenoxy) is 1. The minimum atomic E-state index is -2.94. The smallest absolute Gasteiger partial charge is 0.408 e. The zero-order valence-electron chi connectivity index (χ0n) is 21.7. The molecule has 1 aliphatic rings. The monoisotopic (exact) mass is 534 g/mol. The number of alkyl carbamates (subject to hydrolysis) is 1. The van der Waals surface area contributed by atoms with Crippen molar-refractivity contribution < 1.29 is 27.1 Å². The zero-order valence-corrected chi connectivity index (χ0v) is 21.7. The Morgan fingerprint density at radius 1 is 1.18 bits per heavy atom. The molecule has 4 rings (SSSR count). The van der Waals surface area contributed by atoms with Crippen LogP contribution in [0.4, 0.5) is 34.0 Å². The Balaban J connectivity index is 1.58. The normalized spacial score (nSPS) is 18.6. The first-order valence-electron chi connectivity index (χ1n) is 12.2. The molecule has 0 spiro atoms. The third-order valence-corrected chi connectivity index (χ3v) is 6.07. The van der Waals surface area contributed by atoms with Crippen molar-refractivity contribution in [2.45, 2.75) is 64.9 Å². The number of anilines is 2. The molecule has 3 heterocycles. The number of halogens is 4. The third-order valence-electron chi connectivity index (χ3n) is 6.07. The fraction of sp³-hybridized carbons (Fsp3) is 0.462. The van der Waals surface area contributed by atoms with Gasteiger partial charge in [-0.3, -0.25) is 0 Å². The van der Waals surface area contributed by atoms with Gasteiger partial charge in [-0.05, 0) is 40.7 Å². The highest BCUT2D eigenvalue weighted by atomic mass is 19.3. The zero-order chi connectivity index (χ0) is 27.8. The fourth-order valence-corrected chi connectivity index (χ4v) is 4.32. The molecule has 3 aromatic rings. The summed E-state index contributed by atoms with van der Waals surface area (Å²) in [6.07, 6.45) is -3.47. The average molecular weight is 535 g/mol. The number of amides is 1. The number of carbonyl (C=O) groups is 1. The highest BCUT2D eigenvalue weighted by Crippen LogP contribution is 2.32. The quantitative estimate of drug-likeness (QED) is 0.396. The number of hydrogen-bond acceptors (Lipinski definition) is 7. The lowest BCUT2D eigenvalue weighted by atomic mass is 10.0. The molecule has 2 aromatic heterocycles. The molecular formula is C26H30F4N6O2. The molecule has 1 fully saturated rings. The second-order valence-electron chi connectivity index (χ2n) is 10.3. The standard InChI is InChI=1S/C26H30F4N6O2/c1-13(15-7-6-8-16(22(15)28)23(29)30)32-24-17-9-21(31-10-19(17)33-14(2)34-24)36-11-18(27)20(12-36)35-25(37)38-26(3,4)5/h6-10,13,18,20,23H,11-12H2,1-5H3,(H,35,37)(H,32,33,34)/t13-,18-,20+/m1/s1. The SMILES string of the molecule is Cc1nc(N[C@H](C)c2cccc(C(F)F)c2F)c2cc(N3C[C@@H](F)[C@@H](NC(=O)OC(C)(C)C)C3)ncc2n1. The van der Waals surface area contributed by atoms with Gasteiger partial charge in [0.25, 0.3) is 6.43 Å². The maximum absolute atomic E-state index is 14.8. The molecule has 0 saturated carbocycles. The van der Waals surface area contributed by atoms with Gasteiger partial charge in [0.2, 0.25) is 0 Å². The van der Waals surface area contributed by atoms with Crippen molar-refractivity contribution in [2.24, 2.45) is 0 Å². The van der Waals surface area contributed by atoms with E-state index in [4.69, 9.17) is 4.74 Å². The molecular weight excluding hydrogens is 504 g/mol. The lowest BCUT2D eigenvalue weighted by Crippen LogP contribution is -2.44. The van der Waals surface area contributed by atoms with Crippen LogP contribution in [0.5, 0.6) is 0 Å². The first-order valence-corrected chi connectivity index (χ1v) is 12.2. The van der Waals surface area contributed by atoms with E-state index in [2.05, 4.69) is 25.6 Å². The lowest BCUT2D eigenvalue weighted by Gasteiger charge is -2.22. The predicted molar refractivity (Wildman–Crippen MR) is 136 cm³/mol. The number of rotatable bonds is 6. The van der Waals surface area contributed by atoms with Crippen LogP contribution in [-0.4, -0.2) is 51.9 Å². The summed E-state index contributed by atoms with van der Waals surface area (Å²) in [5.74, 6) is 0.234. The molecule has 12 heteroatoms. The van der Waals surface area contributed by atoms with Gasteiger partial charge in [0.15, 0.2) is 0 Å². The van der Waals surface area contributed by atoms with Crippen molar-refractivity contribution in [2.75, 3.05) is 23.3 Å². The number of nitrogens with one attached hydrogen (secondary N) is 2. The van der Waals surface area contributed by atoms with Crippen molar-refractivity contribution in [3.8, 4) is 0 Å². The summed E-state index contributed by atoms with van der Waals surface area (Å²) in [6.45, 7) is 8.65. The molecule has 3 atom stereocenters. The van der Waals surface area contributed by atoms with Crippen molar-refractivity contribution in [3.63, 3.8) is 0 Å². The summed E-state index contributed by atoms with van der Waals surface area (Å²) in [7, 11) is 0. The number of aryl methyl sites for hydroxylation is 1. The van der Waals surface area contributed by atoms with Crippen LogP contribution in [0.25, 0.3) is 10.9 Å². The van der Waals surface area contributed by atoms with Crippen molar-refractivity contribution in [1.29, 1.82) is 0 Å². The van der Waals surface area contributed by atoms with E-state index in [9.17, 15) is 22.4 Å². The van der Waals surface area contributed by atoms with Gasteiger partial charge in [-0.25, -0.2) is 37.3 Å². The van der Waals surface area contributed by atoms with Gasteiger partial charge in [-0.2, -0.15) is 0 Å². The van der Waals surface area contributed by atoms with Crippen LogP contribution in [0.1, 0.15) is 57.1 Å².